The number of hydrogen-bond donors (Lipinski definition) is 0. The Labute approximate surface area is 176 Å². The average molecular weight is 478 g/mol. The molecule has 0 saturated carbocycles. The van der Waals surface area contributed by atoms with Crippen molar-refractivity contribution in [3.8, 4) is 0 Å². The van der Waals surface area contributed by atoms with Crippen LogP contribution in [-0.2, 0) is 9.47 Å². The van der Waals surface area contributed by atoms with Gasteiger partial charge in [-0.1, -0.05) is 45.2 Å². The molecular formula is C18H19BrCl2N2O2S. The molecule has 140 valence electrons. The number of hydrogen-bond acceptors (Lipinski definition) is 5. The summed E-state index contributed by atoms with van der Waals surface area (Å²) in [5.41, 5.74) is 2.66. The minimum atomic E-state index is 0.0760. The Morgan fingerprint density at radius 2 is 1.88 bits per heavy atom. The summed E-state index contributed by atoms with van der Waals surface area (Å²) in [6.45, 7) is 2.79. The summed E-state index contributed by atoms with van der Waals surface area (Å²) in [5.74, 6) is 0. The first kappa shape index (κ1) is 20.2. The lowest BCUT2D eigenvalue weighted by Gasteiger charge is -2.29. The number of nitrogens with zero attached hydrogens (tertiary/aromatic N) is 2. The Kier molecular flexibility index (Phi) is 7.11. The van der Waals surface area contributed by atoms with Crippen molar-refractivity contribution >= 4 is 68.0 Å². The van der Waals surface area contributed by atoms with Crippen molar-refractivity contribution < 1.29 is 9.47 Å². The Balaban J connectivity index is 1.95. The minimum absolute atomic E-state index is 0.0760. The minimum Gasteiger partial charge on any atom is -0.383 e. The highest BCUT2D eigenvalue weighted by Crippen LogP contribution is 2.47. The molecule has 0 radical (unpaired) electrons. The van der Waals surface area contributed by atoms with Gasteiger partial charge in [0.15, 0.2) is 0 Å². The summed E-state index contributed by atoms with van der Waals surface area (Å²) in [6.07, 6.45) is 3.97. The van der Waals surface area contributed by atoms with Gasteiger partial charge in [0.2, 0.25) is 0 Å². The Hall–Kier alpha value is -0.500. The largest absolute Gasteiger partial charge is 0.383 e. The molecule has 8 heteroatoms. The van der Waals surface area contributed by atoms with E-state index in [1.54, 1.807) is 26.0 Å². The first-order valence-electron chi connectivity index (χ1n) is 8.10. The molecule has 0 saturated heterocycles. The third-order valence-corrected chi connectivity index (χ3v) is 6.35. The van der Waals surface area contributed by atoms with Crippen LogP contribution in [-0.4, -0.2) is 51.5 Å². The van der Waals surface area contributed by atoms with E-state index in [1.165, 1.54) is 0 Å². The number of rotatable bonds is 7. The SMILES string of the molecule is COCCN(CCOC)c1cc(Cl)c2c(c1)SC1C=C(Br)C=C(Cl)C1=N2. The van der Waals surface area contributed by atoms with Gasteiger partial charge in [0, 0.05) is 42.4 Å². The van der Waals surface area contributed by atoms with Gasteiger partial charge in [-0.25, -0.2) is 4.99 Å². The lowest BCUT2D eigenvalue weighted by molar-refractivity contribution is 0.190. The zero-order valence-corrected chi connectivity index (χ0v) is 18.4. The van der Waals surface area contributed by atoms with E-state index in [0.717, 1.165) is 39.6 Å². The summed E-state index contributed by atoms with van der Waals surface area (Å²) in [7, 11) is 3.40. The Morgan fingerprint density at radius 1 is 1.19 bits per heavy atom. The molecule has 1 aromatic rings. The molecule has 1 aliphatic carbocycles. The van der Waals surface area contributed by atoms with Crippen molar-refractivity contribution in [2.75, 3.05) is 45.4 Å². The zero-order valence-electron chi connectivity index (χ0n) is 14.5. The predicted octanol–water partition coefficient (Wildman–Crippen LogP) is 5.40. The molecule has 1 aliphatic heterocycles. The molecule has 0 spiro atoms. The van der Waals surface area contributed by atoms with E-state index in [4.69, 9.17) is 37.7 Å². The van der Waals surface area contributed by atoms with E-state index in [0.29, 0.717) is 23.3 Å². The van der Waals surface area contributed by atoms with Gasteiger partial charge < -0.3 is 14.4 Å². The molecule has 26 heavy (non-hydrogen) atoms. The third-order valence-electron chi connectivity index (χ3n) is 4.08. The molecular weight excluding hydrogens is 459 g/mol. The number of allylic oxidation sites excluding steroid dienone is 3. The van der Waals surface area contributed by atoms with E-state index in [9.17, 15) is 0 Å². The van der Waals surface area contributed by atoms with Crippen molar-refractivity contribution in [2.45, 2.75) is 10.1 Å². The van der Waals surface area contributed by atoms with Crippen molar-refractivity contribution in [1.82, 2.24) is 0 Å². The maximum absolute atomic E-state index is 6.57. The highest BCUT2D eigenvalue weighted by Gasteiger charge is 2.29. The van der Waals surface area contributed by atoms with Crippen molar-refractivity contribution in [3.05, 3.63) is 38.8 Å². The number of fused-ring (bicyclic) bond motifs is 2. The van der Waals surface area contributed by atoms with Crippen LogP contribution in [0.1, 0.15) is 0 Å². The quantitative estimate of drug-likeness (QED) is 0.526. The first-order valence-corrected chi connectivity index (χ1v) is 10.5. The molecule has 2 aliphatic rings. The first-order chi connectivity index (χ1) is 12.5. The molecule has 3 rings (SSSR count). The van der Waals surface area contributed by atoms with Crippen LogP contribution >= 0.6 is 50.9 Å². The monoisotopic (exact) mass is 476 g/mol. The summed E-state index contributed by atoms with van der Waals surface area (Å²) in [6, 6.07) is 4.08. The number of methoxy groups -OCH3 is 2. The molecule has 1 heterocycles. The lowest BCUT2D eigenvalue weighted by atomic mass is 10.1. The van der Waals surface area contributed by atoms with Crippen molar-refractivity contribution in [3.63, 3.8) is 0 Å². The molecule has 4 nitrogen and oxygen atoms in total. The summed E-state index contributed by atoms with van der Waals surface area (Å²) < 4.78 is 11.4. The second kappa shape index (κ2) is 9.13. The number of ether oxygens (including phenoxy) is 2. The molecule has 1 aromatic carbocycles. The van der Waals surface area contributed by atoms with E-state index in [2.05, 4.69) is 33.0 Å². The van der Waals surface area contributed by atoms with E-state index in [-0.39, 0.29) is 5.25 Å². The van der Waals surface area contributed by atoms with Gasteiger partial charge >= 0.3 is 0 Å². The van der Waals surface area contributed by atoms with Crippen LogP contribution in [0.4, 0.5) is 11.4 Å². The molecule has 0 amide bonds. The second-order valence-electron chi connectivity index (χ2n) is 5.83. The number of aliphatic imine (C=N–C) groups is 1. The van der Waals surface area contributed by atoms with Gasteiger partial charge in [0.1, 0.15) is 0 Å². The predicted molar refractivity (Wildman–Crippen MR) is 115 cm³/mol. The molecule has 1 atom stereocenters. The number of benzene rings is 1. The average Bonchev–Trinajstić information content (AvgIpc) is 2.60. The fourth-order valence-electron chi connectivity index (χ4n) is 2.78. The highest BCUT2D eigenvalue weighted by atomic mass is 79.9. The number of halogens is 3. The van der Waals surface area contributed by atoms with E-state index >= 15 is 0 Å². The van der Waals surface area contributed by atoms with Gasteiger partial charge in [-0.15, -0.1) is 11.8 Å². The van der Waals surface area contributed by atoms with Crippen molar-refractivity contribution in [2.24, 2.45) is 4.99 Å². The van der Waals surface area contributed by atoms with Crippen LogP contribution in [0.5, 0.6) is 0 Å². The van der Waals surface area contributed by atoms with Gasteiger partial charge in [-0.2, -0.15) is 0 Å². The third kappa shape index (κ3) is 4.49. The Morgan fingerprint density at radius 3 is 2.54 bits per heavy atom. The normalized spacial score (nSPS) is 18.5. The van der Waals surface area contributed by atoms with Crippen LogP contribution in [0.3, 0.4) is 0 Å². The number of thioether (sulfide) groups is 1. The van der Waals surface area contributed by atoms with Gasteiger partial charge in [-0.3, -0.25) is 0 Å². The molecule has 0 N–H and O–H groups in total. The van der Waals surface area contributed by atoms with Crippen LogP contribution < -0.4 is 4.90 Å². The standard InChI is InChI=1S/C18H19BrCl2N2O2S/c1-24-5-3-23(4-6-25-2)12-9-14(21)18-16(10-12)26-15-8-11(19)7-13(20)17(15)22-18/h7-10,15H,3-6H2,1-2H3. The van der Waals surface area contributed by atoms with E-state index < -0.39 is 0 Å². The van der Waals surface area contributed by atoms with Gasteiger partial charge in [0.05, 0.1) is 39.9 Å². The van der Waals surface area contributed by atoms with E-state index in [1.807, 2.05) is 12.1 Å². The zero-order chi connectivity index (χ0) is 18.7. The molecule has 0 aromatic heterocycles. The topological polar surface area (TPSA) is 34.1 Å². The smallest absolute Gasteiger partial charge is 0.0957 e. The molecule has 0 fully saturated rings. The van der Waals surface area contributed by atoms with Crippen LogP contribution in [0, 0.1) is 0 Å². The van der Waals surface area contributed by atoms with Crippen LogP contribution in [0.15, 0.2) is 43.7 Å². The molecule has 0 bridgehead atoms. The van der Waals surface area contributed by atoms with Gasteiger partial charge in [-0.05, 0) is 18.2 Å². The molecule has 1 unspecified atom stereocenters. The van der Waals surface area contributed by atoms with Crippen LogP contribution in [0.25, 0.3) is 0 Å². The summed E-state index contributed by atoms with van der Waals surface area (Å²) in [5, 5.41) is 1.34. The maximum Gasteiger partial charge on any atom is 0.0957 e. The fourth-order valence-corrected chi connectivity index (χ4v) is 5.47. The summed E-state index contributed by atoms with van der Waals surface area (Å²) in [4.78, 5) is 7.99. The summed E-state index contributed by atoms with van der Waals surface area (Å²) >= 11 is 18.2. The maximum atomic E-state index is 6.57. The lowest BCUT2D eigenvalue weighted by Crippen LogP contribution is -2.30. The van der Waals surface area contributed by atoms with Crippen LogP contribution in [0.2, 0.25) is 5.02 Å². The number of anilines is 1. The Bertz CT molecular complexity index is 775. The second-order valence-corrected chi connectivity index (χ2v) is 8.74. The van der Waals surface area contributed by atoms with Gasteiger partial charge in [0.25, 0.3) is 0 Å². The fraction of sp³-hybridized carbons (Fsp3) is 0.389. The van der Waals surface area contributed by atoms with Crippen molar-refractivity contribution in [1.29, 1.82) is 0 Å². The highest BCUT2D eigenvalue weighted by molar-refractivity contribution is 9.11.